The fourth-order valence-electron chi connectivity index (χ4n) is 4.42. The first-order valence-electron chi connectivity index (χ1n) is 12.4. The number of halogens is 3. The number of pyridine rings is 1. The number of carbonyl (C=O) groups is 1. The van der Waals surface area contributed by atoms with Gasteiger partial charge in [-0.05, 0) is 37.1 Å². The summed E-state index contributed by atoms with van der Waals surface area (Å²) >= 11 is 1.10. The molecule has 11 heteroatoms. The number of nitrogens with two attached hydrogens (primary N) is 1. The standard InChI is InChI=1S/C28H26F3N5O2S/c1-3-4-10-35-16-19(14-34-35)18-9-11-36-22(15-33-25(36)12-18)24-13-23(26(39-24)27(32)37)38-17(2)20-7-5-6-8-21(20)28(29,30)31/h5-9,11-17H,3-4,10H2,1-2H3,(H2,32,37)/t17-/m1/s1. The van der Waals surface area contributed by atoms with Gasteiger partial charge in [0.15, 0.2) is 0 Å². The lowest BCUT2D eigenvalue weighted by atomic mass is 10.0. The molecule has 5 aromatic rings. The van der Waals surface area contributed by atoms with E-state index in [1.807, 2.05) is 39.8 Å². The van der Waals surface area contributed by atoms with Gasteiger partial charge in [0, 0.05) is 36.1 Å². The van der Waals surface area contributed by atoms with Crippen molar-refractivity contribution in [1.82, 2.24) is 19.2 Å². The van der Waals surface area contributed by atoms with Crippen LogP contribution in [0.25, 0.3) is 27.3 Å². The first-order valence-corrected chi connectivity index (χ1v) is 13.2. The monoisotopic (exact) mass is 553 g/mol. The van der Waals surface area contributed by atoms with Gasteiger partial charge in [0.1, 0.15) is 22.4 Å². The Morgan fingerprint density at radius 1 is 1.15 bits per heavy atom. The molecule has 4 heterocycles. The summed E-state index contributed by atoms with van der Waals surface area (Å²) in [4.78, 5) is 17.5. The fraction of sp³-hybridized carbons (Fsp3) is 0.250. The van der Waals surface area contributed by atoms with E-state index < -0.39 is 23.8 Å². The molecule has 2 N–H and O–H groups in total. The van der Waals surface area contributed by atoms with Crippen molar-refractivity contribution in [3.8, 4) is 27.4 Å². The number of amides is 1. The van der Waals surface area contributed by atoms with Crippen LogP contribution < -0.4 is 10.5 Å². The summed E-state index contributed by atoms with van der Waals surface area (Å²) in [5.41, 5.74) is 8.11. The Balaban J connectivity index is 1.45. The molecule has 1 atom stereocenters. The number of rotatable bonds is 9. The maximum atomic E-state index is 13.5. The average molecular weight is 554 g/mol. The van der Waals surface area contributed by atoms with Crippen molar-refractivity contribution in [2.45, 2.75) is 45.5 Å². The summed E-state index contributed by atoms with van der Waals surface area (Å²) in [6.07, 6.45) is 4.00. The van der Waals surface area contributed by atoms with E-state index in [1.165, 1.54) is 25.1 Å². The van der Waals surface area contributed by atoms with Crippen LogP contribution in [0.3, 0.4) is 0 Å². The van der Waals surface area contributed by atoms with Crippen molar-refractivity contribution in [2.24, 2.45) is 5.73 Å². The molecule has 0 bridgehead atoms. The summed E-state index contributed by atoms with van der Waals surface area (Å²) in [6, 6.07) is 10.7. The molecule has 0 spiro atoms. The number of aryl methyl sites for hydroxylation is 1. The maximum Gasteiger partial charge on any atom is 0.416 e. The first-order chi connectivity index (χ1) is 18.7. The summed E-state index contributed by atoms with van der Waals surface area (Å²) in [5, 5.41) is 4.43. The fourth-order valence-corrected chi connectivity index (χ4v) is 5.37. The number of unbranched alkanes of at least 4 members (excludes halogenated alkanes) is 1. The third-order valence-electron chi connectivity index (χ3n) is 6.40. The van der Waals surface area contributed by atoms with Crippen LogP contribution in [-0.2, 0) is 12.7 Å². The highest BCUT2D eigenvalue weighted by atomic mass is 32.1. The van der Waals surface area contributed by atoms with E-state index in [-0.39, 0.29) is 16.2 Å². The molecule has 0 aliphatic heterocycles. The molecule has 4 aromatic heterocycles. The summed E-state index contributed by atoms with van der Waals surface area (Å²) in [6.45, 7) is 4.50. The molecule has 7 nitrogen and oxygen atoms in total. The van der Waals surface area contributed by atoms with Crippen LogP contribution in [-0.4, -0.2) is 25.1 Å². The molecule has 0 fully saturated rings. The Morgan fingerprint density at radius 3 is 2.69 bits per heavy atom. The Hall–Kier alpha value is -4.12. The first kappa shape index (κ1) is 26.5. The second kappa shape index (κ2) is 10.6. The van der Waals surface area contributed by atoms with Crippen molar-refractivity contribution in [3.05, 3.63) is 83.3 Å². The lowest BCUT2D eigenvalue weighted by molar-refractivity contribution is -0.138. The van der Waals surface area contributed by atoms with E-state index in [0.29, 0.717) is 16.2 Å². The number of aromatic nitrogens is 4. The lowest BCUT2D eigenvalue weighted by Crippen LogP contribution is -2.15. The van der Waals surface area contributed by atoms with E-state index in [4.69, 9.17) is 10.5 Å². The smallest absolute Gasteiger partial charge is 0.416 e. The van der Waals surface area contributed by atoms with Gasteiger partial charge < -0.3 is 10.5 Å². The van der Waals surface area contributed by atoms with Crippen molar-refractivity contribution >= 4 is 22.9 Å². The molecular formula is C28H26F3N5O2S. The number of benzene rings is 1. The molecule has 202 valence electrons. The van der Waals surface area contributed by atoms with Crippen LogP contribution in [0.1, 0.15) is 53.6 Å². The van der Waals surface area contributed by atoms with Crippen molar-refractivity contribution in [1.29, 1.82) is 0 Å². The predicted molar refractivity (Wildman–Crippen MR) is 144 cm³/mol. The molecule has 0 unspecified atom stereocenters. The van der Waals surface area contributed by atoms with Gasteiger partial charge >= 0.3 is 6.18 Å². The largest absolute Gasteiger partial charge is 0.484 e. The maximum absolute atomic E-state index is 13.5. The van der Waals surface area contributed by atoms with E-state index in [1.54, 1.807) is 12.3 Å². The van der Waals surface area contributed by atoms with E-state index in [9.17, 15) is 18.0 Å². The summed E-state index contributed by atoms with van der Waals surface area (Å²) < 4.78 is 50.3. The topological polar surface area (TPSA) is 87.4 Å². The van der Waals surface area contributed by atoms with Gasteiger partial charge in [-0.25, -0.2) is 4.98 Å². The molecule has 0 aliphatic carbocycles. The summed E-state index contributed by atoms with van der Waals surface area (Å²) in [7, 11) is 0. The zero-order valence-electron chi connectivity index (χ0n) is 21.3. The highest BCUT2D eigenvalue weighted by molar-refractivity contribution is 7.17. The van der Waals surface area contributed by atoms with E-state index in [0.717, 1.165) is 47.9 Å². The number of primary amides is 1. The zero-order chi connectivity index (χ0) is 27.7. The lowest BCUT2D eigenvalue weighted by Gasteiger charge is -2.19. The third-order valence-corrected chi connectivity index (χ3v) is 7.56. The van der Waals surface area contributed by atoms with Crippen LogP contribution in [0.2, 0.25) is 0 Å². The number of hydrogen-bond acceptors (Lipinski definition) is 5. The highest BCUT2D eigenvalue weighted by Crippen LogP contribution is 2.40. The molecule has 1 amide bonds. The van der Waals surface area contributed by atoms with Gasteiger partial charge in [-0.3, -0.25) is 13.9 Å². The second-order valence-corrected chi connectivity index (χ2v) is 10.2. The molecular weight excluding hydrogens is 527 g/mol. The van der Waals surface area contributed by atoms with Gasteiger partial charge in [0.2, 0.25) is 0 Å². The Kier molecular flexibility index (Phi) is 7.17. The van der Waals surface area contributed by atoms with Crippen LogP contribution in [0.15, 0.2) is 67.3 Å². The van der Waals surface area contributed by atoms with Crippen LogP contribution >= 0.6 is 11.3 Å². The number of hydrogen-bond donors (Lipinski definition) is 1. The van der Waals surface area contributed by atoms with E-state index in [2.05, 4.69) is 17.0 Å². The number of nitrogens with zero attached hydrogens (tertiary/aromatic N) is 4. The Morgan fingerprint density at radius 2 is 1.95 bits per heavy atom. The van der Waals surface area contributed by atoms with Gasteiger partial charge in [-0.1, -0.05) is 31.5 Å². The number of fused-ring (bicyclic) bond motifs is 1. The Bertz CT molecular complexity index is 1640. The quantitative estimate of drug-likeness (QED) is 0.213. The number of carbonyl (C=O) groups excluding carboxylic acids is 1. The number of imidazole rings is 1. The van der Waals surface area contributed by atoms with Crippen molar-refractivity contribution in [3.63, 3.8) is 0 Å². The summed E-state index contributed by atoms with van der Waals surface area (Å²) in [5.74, 6) is -0.605. The number of alkyl halides is 3. The second-order valence-electron chi connectivity index (χ2n) is 9.15. The minimum atomic E-state index is -4.54. The molecule has 0 saturated carbocycles. The Labute approximate surface area is 226 Å². The van der Waals surface area contributed by atoms with Crippen LogP contribution in [0.4, 0.5) is 13.2 Å². The normalized spacial score (nSPS) is 12.6. The highest BCUT2D eigenvalue weighted by Gasteiger charge is 2.35. The van der Waals surface area contributed by atoms with Gasteiger partial charge in [-0.2, -0.15) is 18.3 Å². The number of thiophene rings is 1. The van der Waals surface area contributed by atoms with Gasteiger partial charge in [0.25, 0.3) is 5.91 Å². The van der Waals surface area contributed by atoms with E-state index >= 15 is 0 Å². The molecule has 1 aromatic carbocycles. The SMILES string of the molecule is CCCCn1cc(-c2ccn3c(-c4cc(O[C@H](C)c5ccccc5C(F)(F)F)c(C(N)=O)s4)cnc3c2)cn1. The predicted octanol–water partition coefficient (Wildman–Crippen LogP) is 6.98. The van der Waals surface area contributed by atoms with Gasteiger partial charge in [-0.15, -0.1) is 11.3 Å². The minimum absolute atomic E-state index is 0.0338. The molecule has 0 radical (unpaired) electrons. The van der Waals surface area contributed by atoms with Gasteiger partial charge in [0.05, 0.1) is 28.5 Å². The van der Waals surface area contributed by atoms with Crippen molar-refractivity contribution < 1.29 is 22.7 Å². The zero-order valence-corrected chi connectivity index (χ0v) is 22.1. The van der Waals surface area contributed by atoms with Crippen LogP contribution in [0.5, 0.6) is 5.75 Å². The van der Waals surface area contributed by atoms with Crippen molar-refractivity contribution in [2.75, 3.05) is 0 Å². The third kappa shape index (κ3) is 5.40. The van der Waals surface area contributed by atoms with Crippen LogP contribution in [0, 0.1) is 0 Å². The number of ether oxygens (including phenoxy) is 1. The molecule has 0 aliphatic rings. The molecule has 0 saturated heterocycles. The molecule has 5 rings (SSSR count). The minimum Gasteiger partial charge on any atom is -0.484 e. The average Bonchev–Trinajstić information content (AvgIpc) is 3.64. The molecule has 39 heavy (non-hydrogen) atoms.